The van der Waals surface area contributed by atoms with Gasteiger partial charge in [0.15, 0.2) is 0 Å². The van der Waals surface area contributed by atoms with Crippen LogP contribution in [0.2, 0.25) is 0 Å². The summed E-state index contributed by atoms with van der Waals surface area (Å²) in [5, 5.41) is 15.1. The first-order valence-corrected chi connectivity index (χ1v) is 19.0. The fraction of sp³-hybridized carbons (Fsp3) is 0. The summed E-state index contributed by atoms with van der Waals surface area (Å²) in [5.41, 5.74) is 8.20. The smallest absolute Gasteiger partial charge is 0.0468 e. The molecule has 0 amide bonds. The Morgan fingerprint density at radius 3 is 1.27 bits per heavy atom. The van der Waals surface area contributed by atoms with Crippen LogP contribution < -0.4 is 4.90 Å². The molecule has 0 aliphatic carbocycles. The molecule has 0 aromatic heterocycles. The predicted octanol–water partition coefficient (Wildman–Crippen LogP) is 15.4. The van der Waals surface area contributed by atoms with Crippen molar-refractivity contribution < 1.29 is 0 Å². The van der Waals surface area contributed by atoms with Gasteiger partial charge in [-0.15, -0.1) is 0 Å². The van der Waals surface area contributed by atoms with E-state index >= 15 is 0 Å². The number of benzene rings is 11. The Bertz CT molecular complexity index is 3260. The molecular formula is C54H35N. The van der Waals surface area contributed by atoms with E-state index < -0.39 is 0 Å². The van der Waals surface area contributed by atoms with Crippen LogP contribution in [0.4, 0.5) is 17.1 Å². The molecule has 1 heteroatoms. The van der Waals surface area contributed by atoms with Crippen LogP contribution in [0, 0.1) is 0 Å². The van der Waals surface area contributed by atoms with Crippen molar-refractivity contribution in [1.29, 1.82) is 0 Å². The van der Waals surface area contributed by atoms with Crippen molar-refractivity contribution in [3.05, 3.63) is 212 Å². The van der Waals surface area contributed by atoms with Crippen molar-refractivity contribution in [2.75, 3.05) is 4.90 Å². The summed E-state index contributed by atoms with van der Waals surface area (Å²) < 4.78 is 0. The zero-order chi connectivity index (χ0) is 36.3. The summed E-state index contributed by atoms with van der Waals surface area (Å²) in [6, 6.07) is 77.9. The van der Waals surface area contributed by atoms with E-state index in [1.807, 2.05) is 0 Å². The minimum Gasteiger partial charge on any atom is -0.310 e. The van der Waals surface area contributed by atoms with Crippen LogP contribution in [-0.2, 0) is 0 Å². The summed E-state index contributed by atoms with van der Waals surface area (Å²) in [6.07, 6.45) is 0. The molecule has 0 radical (unpaired) electrons. The fourth-order valence-electron chi connectivity index (χ4n) is 8.77. The van der Waals surface area contributed by atoms with Crippen molar-refractivity contribution >= 4 is 81.7 Å². The zero-order valence-electron chi connectivity index (χ0n) is 30.2. The minimum atomic E-state index is 1.11. The van der Waals surface area contributed by atoms with Crippen LogP contribution in [0.25, 0.3) is 86.9 Å². The first kappa shape index (κ1) is 31.3. The SMILES string of the molecule is c1cc(-c2cc3ccccc3c3ccccc23)cc(N(c2ccc(-c3cc4ccccc4c4ccccc34)cc2)c2ccc3ccc4ccccc4c3c2)c1. The highest BCUT2D eigenvalue weighted by atomic mass is 15.1. The normalized spacial score (nSPS) is 11.6. The quantitative estimate of drug-likeness (QED) is 0.162. The highest BCUT2D eigenvalue weighted by Crippen LogP contribution is 2.42. The largest absolute Gasteiger partial charge is 0.310 e. The van der Waals surface area contributed by atoms with E-state index in [1.54, 1.807) is 0 Å². The molecule has 0 N–H and O–H groups in total. The molecule has 0 heterocycles. The van der Waals surface area contributed by atoms with Crippen molar-refractivity contribution in [2.24, 2.45) is 0 Å². The number of rotatable bonds is 5. The van der Waals surface area contributed by atoms with Crippen LogP contribution in [0.3, 0.4) is 0 Å². The third-order valence-electron chi connectivity index (χ3n) is 11.4. The Labute approximate surface area is 320 Å². The van der Waals surface area contributed by atoms with E-state index in [2.05, 4.69) is 217 Å². The first-order valence-electron chi connectivity index (χ1n) is 19.0. The maximum absolute atomic E-state index is 2.41. The molecule has 11 aromatic carbocycles. The molecule has 0 saturated carbocycles. The van der Waals surface area contributed by atoms with Gasteiger partial charge in [-0.3, -0.25) is 0 Å². The van der Waals surface area contributed by atoms with Gasteiger partial charge in [-0.25, -0.2) is 0 Å². The highest BCUT2D eigenvalue weighted by molar-refractivity contribution is 6.15. The van der Waals surface area contributed by atoms with Gasteiger partial charge in [0.2, 0.25) is 0 Å². The van der Waals surface area contributed by atoms with E-state index in [-0.39, 0.29) is 0 Å². The monoisotopic (exact) mass is 697 g/mol. The molecule has 0 fully saturated rings. The molecular weight excluding hydrogens is 663 g/mol. The van der Waals surface area contributed by atoms with Gasteiger partial charge in [0.1, 0.15) is 0 Å². The summed E-state index contributed by atoms with van der Waals surface area (Å²) in [7, 11) is 0. The van der Waals surface area contributed by atoms with Gasteiger partial charge in [-0.1, -0.05) is 164 Å². The third-order valence-corrected chi connectivity index (χ3v) is 11.4. The van der Waals surface area contributed by atoms with Gasteiger partial charge in [-0.05, 0) is 135 Å². The molecule has 0 aliphatic heterocycles. The van der Waals surface area contributed by atoms with Gasteiger partial charge >= 0.3 is 0 Å². The molecule has 0 aliphatic rings. The Morgan fingerprint density at radius 1 is 0.218 bits per heavy atom. The molecule has 256 valence electrons. The van der Waals surface area contributed by atoms with Crippen LogP contribution in [0.1, 0.15) is 0 Å². The average Bonchev–Trinajstić information content (AvgIpc) is 3.26. The van der Waals surface area contributed by atoms with Crippen molar-refractivity contribution in [1.82, 2.24) is 0 Å². The molecule has 0 unspecified atom stereocenters. The van der Waals surface area contributed by atoms with Gasteiger partial charge in [0.25, 0.3) is 0 Å². The second-order valence-corrected chi connectivity index (χ2v) is 14.5. The van der Waals surface area contributed by atoms with E-state index in [0.717, 1.165) is 17.1 Å². The second kappa shape index (κ2) is 12.7. The van der Waals surface area contributed by atoms with Gasteiger partial charge in [0, 0.05) is 17.1 Å². The van der Waals surface area contributed by atoms with Crippen LogP contribution in [0.5, 0.6) is 0 Å². The number of hydrogen-bond acceptors (Lipinski definition) is 1. The van der Waals surface area contributed by atoms with Gasteiger partial charge < -0.3 is 4.90 Å². The lowest BCUT2D eigenvalue weighted by atomic mass is 9.92. The Hall–Kier alpha value is -7.22. The lowest BCUT2D eigenvalue weighted by Gasteiger charge is -2.27. The molecule has 11 rings (SSSR count). The molecule has 1 nitrogen and oxygen atoms in total. The maximum atomic E-state index is 2.41. The number of hydrogen-bond donors (Lipinski definition) is 0. The molecule has 11 aromatic rings. The average molecular weight is 698 g/mol. The van der Waals surface area contributed by atoms with Crippen molar-refractivity contribution in [2.45, 2.75) is 0 Å². The molecule has 0 saturated heterocycles. The molecule has 0 bridgehead atoms. The Kier molecular flexibility index (Phi) is 7.25. The van der Waals surface area contributed by atoms with E-state index in [1.165, 1.54) is 86.9 Å². The fourth-order valence-corrected chi connectivity index (χ4v) is 8.77. The predicted molar refractivity (Wildman–Crippen MR) is 237 cm³/mol. The van der Waals surface area contributed by atoms with Crippen LogP contribution in [0.15, 0.2) is 212 Å². The maximum Gasteiger partial charge on any atom is 0.0468 e. The number of nitrogens with zero attached hydrogens (tertiary/aromatic N) is 1. The van der Waals surface area contributed by atoms with Crippen LogP contribution >= 0.6 is 0 Å². The van der Waals surface area contributed by atoms with Gasteiger partial charge in [-0.2, -0.15) is 0 Å². The standard InChI is InChI=1S/C54H35N/c1-4-17-45-36(12-1)24-25-37-28-31-44(35-54(37)45)55(42-29-26-38(27-30-42)52-33-40-13-2-5-18-46(40)48-20-7-9-22-50(48)52)43-16-11-15-39(32-43)53-34-41-14-3-6-19-47(41)49-21-8-10-23-51(49)53/h1-35H. The lowest BCUT2D eigenvalue weighted by molar-refractivity contribution is 1.29. The van der Waals surface area contributed by atoms with E-state index in [9.17, 15) is 0 Å². The Balaban J connectivity index is 1.10. The zero-order valence-corrected chi connectivity index (χ0v) is 30.2. The highest BCUT2D eigenvalue weighted by Gasteiger charge is 2.17. The first-order chi connectivity index (χ1) is 27.3. The number of anilines is 3. The molecule has 0 spiro atoms. The lowest BCUT2D eigenvalue weighted by Crippen LogP contribution is -2.10. The van der Waals surface area contributed by atoms with Crippen molar-refractivity contribution in [3.8, 4) is 22.3 Å². The van der Waals surface area contributed by atoms with Crippen LogP contribution in [-0.4, -0.2) is 0 Å². The topological polar surface area (TPSA) is 3.24 Å². The molecule has 0 atom stereocenters. The summed E-state index contributed by atoms with van der Waals surface area (Å²) in [4.78, 5) is 2.41. The minimum absolute atomic E-state index is 1.11. The van der Waals surface area contributed by atoms with Crippen molar-refractivity contribution in [3.63, 3.8) is 0 Å². The third kappa shape index (κ3) is 5.24. The Morgan fingerprint density at radius 2 is 0.655 bits per heavy atom. The van der Waals surface area contributed by atoms with E-state index in [4.69, 9.17) is 0 Å². The summed E-state index contributed by atoms with van der Waals surface area (Å²) in [6.45, 7) is 0. The van der Waals surface area contributed by atoms with Gasteiger partial charge in [0.05, 0.1) is 0 Å². The number of fused-ring (bicyclic) bond motifs is 9. The summed E-state index contributed by atoms with van der Waals surface area (Å²) in [5.74, 6) is 0. The summed E-state index contributed by atoms with van der Waals surface area (Å²) >= 11 is 0. The molecule has 55 heavy (non-hydrogen) atoms. The second-order valence-electron chi connectivity index (χ2n) is 14.5. The van der Waals surface area contributed by atoms with E-state index in [0.29, 0.717) is 0 Å².